The fraction of sp³-hybridized carbons (Fsp3) is 0.278. The van der Waals surface area contributed by atoms with E-state index < -0.39 is 29.3 Å². The molecule has 0 bridgehead atoms. The summed E-state index contributed by atoms with van der Waals surface area (Å²) >= 11 is 5.83. The summed E-state index contributed by atoms with van der Waals surface area (Å²) in [5, 5.41) is 1.54. The molecule has 0 saturated carbocycles. The van der Waals surface area contributed by atoms with Gasteiger partial charge in [-0.05, 0) is 43.2 Å². The van der Waals surface area contributed by atoms with Crippen LogP contribution in [0.2, 0.25) is 5.02 Å². The Hall–Kier alpha value is -2.05. The molecule has 0 aromatic heterocycles. The Bertz CT molecular complexity index is 732. The molecular formula is C18H17ClF3NO2. The second kappa shape index (κ2) is 7.89. The van der Waals surface area contributed by atoms with Crippen LogP contribution >= 0.6 is 11.6 Å². The second-order valence-electron chi connectivity index (χ2n) is 5.54. The molecule has 3 nitrogen and oxygen atoms in total. The zero-order valence-electron chi connectivity index (χ0n) is 13.7. The van der Waals surface area contributed by atoms with E-state index in [1.54, 1.807) is 31.2 Å². The van der Waals surface area contributed by atoms with Crippen LogP contribution in [0.4, 0.5) is 13.2 Å². The third-order valence-electron chi connectivity index (χ3n) is 3.70. The highest BCUT2D eigenvalue weighted by Gasteiger charge is 2.36. The van der Waals surface area contributed by atoms with Crippen molar-refractivity contribution >= 4 is 17.5 Å². The lowest BCUT2D eigenvalue weighted by Gasteiger charge is -2.27. The highest BCUT2D eigenvalue weighted by Crippen LogP contribution is 2.32. The predicted octanol–water partition coefficient (Wildman–Crippen LogP) is 4.99. The third kappa shape index (κ3) is 4.74. The van der Waals surface area contributed by atoms with E-state index >= 15 is 0 Å². The lowest BCUT2D eigenvalue weighted by molar-refractivity contribution is -0.140. The topological polar surface area (TPSA) is 29.5 Å². The summed E-state index contributed by atoms with van der Waals surface area (Å²) in [4.78, 5) is 17.7. The highest BCUT2D eigenvalue weighted by atomic mass is 35.5. The van der Waals surface area contributed by atoms with Gasteiger partial charge in [-0.3, -0.25) is 9.63 Å². The zero-order chi connectivity index (χ0) is 18.6. The maximum atomic E-state index is 13.1. The van der Waals surface area contributed by atoms with E-state index in [0.717, 1.165) is 22.8 Å². The van der Waals surface area contributed by atoms with E-state index in [-0.39, 0.29) is 0 Å². The fourth-order valence-electron chi connectivity index (χ4n) is 2.54. The first-order chi connectivity index (χ1) is 11.7. The number of halogens is 4. The fourth-order valence-corrected chi connectivity index (χ4v) is 2.67. The third-order valence-corrected chi connectivity index (χ3v) is 3.96. The van der Waals surface area contributed by atoms with E-state index in [4.69, 9.17) is 16.4 Å². The number of amides is 1. The largest absolute Gasteiger partial charge is 0.417 e. The van der Waals surface area contributed by atoms with Crippen LogP contribution in [0.25, 0.3) is 0 Å². The van der Waals surface area contributed by atoms with Crippen LogP contribution in [0.3, 0.4) is 0 Å². The quantitative estimate of drug-likeness (QED) is 0.693. The zero-order valence-corrected chi connectivity index (χ0v) is 14.4. The van der Waals surface area contributed by atoms with E-state index in [0.29, 0.717) is 11.4 Å². The van der Waals surface area contributed by atoms with Crippen molar-refractivity contribution in [2.24, 2.45) is 0 Å². The van der Waals surface area contributed by atoms with Gasteiger partial charge in [0.05, 0.1) is 24.3 Å². The Morgan fingerprint density at radius 2 is 1.76 bits per heavy atom. The first-order valence-electron chi connectivity index (χ1n) is 7.52. The molecule has 0 unspecified atom stereocenters. The van der Waals surface area contributed by atoms with Crippen LogP contribution in [0.5, 0.6) is 0 Å². The summed E-state index contributed by atoms with van der Waals surface area (Å²) in [5.74, 6) is -0.836. The summed E-state index contributed by atoms with van der Waals surface area (Å²) in [6, 6.07) is 11.2. The maximum Gasteiger partial charge on any atom is 0.417 e. The van der Waals surface area contributed by atoms with Crippen LogP contribution in [0.1, 0.15) is 28.4 Å². The van der Waals surface area contributed by atoms with Crippen LogP contribution in [0, 0.1) is 0 Å². The van der Waals surface area contributed by atoms with Crippen molar-refractivity contribution in [3.63, 3.8) is 0 Å². The van der Waals surface area contributed by atoms with Gasteiger partial charge >= 0.3 is 6.18 Å². The van der Waals surface area contributed by atoms with Gasteiger partial charge in [-0.1, -0.05) is 35.9 Å². The number of rotatable bonds is 5. The van der Waals surface area contributed by atoms with Gasteiger partial charge < -0.3 is 0 Å². The molecule has 0 spiro atoms. The molecule has 2 rings (SSSR count). The number of carbonyl (C=O) groups is 1. The van der Waals surface area contributed by atoms with Crippen LogP contribution < -0.4 is 0 Å². The Balaban J connectivity index is 2.25. The van der Waals surface area contributed by atoms with Gasteiger partial charge in [-0.2, -0.15) is 13.2 Å². The predicted molar refractivity (Wildman–Crippen MR) is 89.2 cm³/mol. The Labute approximate surface area is 148 Å². The minimum absolute atomic E-state index is 0.408. The van der Waals surface area contributed by atoms with Gasteiger partial charge in [0.25, 0.3) is 5.91 Å². The molecule has 0 fully saturated rings. The number of hydroxylamine groups is 2. The molecule has 0 aliphatic carbocycles. The molecule has 0 aliphatic rings. The summed E-state index contributed by atoms with van der Waals surface area (Å²) in [6.45, 7) is 1.70. The van der Waals surface area contributed by atoms with E-state index in [1.807, 2.05) is 0 Å². The molecule has 0 heterocycles. The molecule has 1 atom stereocenters. The van der Waals surface area contributed by atoms with E-state index in [2.05, 4.69) is 0 Å². The van der Waals surface area contributed by atoms with Gasteiger partial charge in [0.1, 0.15) is 0 Å². The lowest BCUT2D eigenvalue weighted by Crippen LogP contribution is -2.39. The minimum Gasteiger partial charge on any atom is -0.274 e. The first-order valence-corrected chi connectivity index (χ1v) is 7.90. The van der Waals surface area contributed by atoms with Gasteiger partial charge in [-0.15, -0.1) is 0 Å². The molecule has 25 heavy (non-hydrogen) atoms. The summed E-state index contributed by atoms with van der Waals surface area (Å²) in [5.41, 5.74) is -0.545. The standard InChI is InChI=1S/C18H17ClF3NO2/c1-12(11-13-7-9-14(19)10-8-13)23(25-2)17(24)15-5-3-4-6-16(15)18(20,21)22/h3-10,12H,11H2,1-2H3/t12-/m0/s1. The number of benzene rings is 2. The summed E-state index contributed by atoms with van der Waals surface area (Å²) < 4.78 is 39.4. The number of nitrogens with zero attached hydrogens (tertiary/aromatic N) is 1. The van der Waals surface area contributed by atoms with E-state index in [1.165, 1.54) is 19.2 Å². The van der Waals surface area contributed by atoms with Crippen LogP contribution in [-0.4, -0.2) is 24.1 Å². The molecule has 2 aromatic carbocycles. The number of carbonyl (C=O) groups excluding carboxylic acids is 1. The second-order valence-corrected chi connectivity index (χ2v) is 5.97. The average molecular weight is 372 g/mol. The molecule has 7 heteroatoms. The van der Waals surface area contributed by atoms with Crippen molar-refractivity contribution in [3.8, 4) is 0 Å². The molecule has 1 amide bonds. The van der Waals surface area contributed by atoms with Crippen molar-refractivity contribution in [1.29, 1.82) is 0 Å². The SMILES string of the molecule is CON(C(=O)c1ccccc1C(F)(F)F)[C@@H](C)Cc1ccc(Cl)cc1. The molecule has 0 N–H and O–H groups in total. The van der Waals surface area contributed by atoms with Crippen LogP contribution in [0.15, 0.2) is 48.5 Å². The van der Waals surface area contributed by atoms with Crippen molar-refractivity contribution in [1.82, 2.24) is 5.06 Å². The maximum absolute atomic E-state index is 13.1. The van der Waals surface area contributed by atoms with Crippen molar-refractivity contribution in [2.45, 2.75) is 25.6 Å². The molecule has 0 saturated heterocycles. The number of alkyl halides is 3. The van der Waals surface area contributed by atoms with Crippen molar-refractivity contribution < 1.29 is 22.8 Å². The van der Waals surface area contributed by atoms with Gasteiger partial charge in [-0.25, -0.2) is 5.06 Å². The van der Waals surface area contributed by atoms with Gasteiger partial charge in [0, 0.05) is 5.02 Å². The molecular weight excluding hydrogens is 355 g/mol. The number of hydrogen-bond donors (Lipinski definition) is 0. The molecule has 134 valence electrons. The van der Waals surface area contributed by atoms with E-state index in [9.17, 15) is 18.0 Å². The normalized spacial score (nSPS) is 12.7. The first kappa shape index (κ1) is 19.3. The Morgan fingerprint density at radius 3 is 2.32 bits per heavy atom. The smallest absolute Gasteiger partial charge is 0.274 e. The van der Waals surface area contributed by atoms with Gasteiger partial charge in [0.2, 0.25) is 0 Å². The van der Waals surface area contributed by atoms with Crippen molar-refractivity contribution in [3.05, 3.63) is 70.2 Å². The average Bonchev–Trinajstić information content (AvgIpc) is 2.56. The molecule has 0 radical (unpaired) electrons. The monoisotopic (exact) mass is 371 g/mol. The summed E-state index contributed by atoms with van der Waals surface area (Å²) in [6.07, 6.45) is -4.21. The Kier molecular flexibility index (Phi) is 6.08. The molecule has 0 aliphatic heterocycles. The van der Waals surface area contributed by atoms with Crippen molar-refractivity contribution in [2.75, 3.05) is 7.11 Å². The number of hydrogen-bond acceptors (Lipinski definition) is 2. The van der Waals surface area contributed by atoms with Crippen LogP contribution in [-0.2, 0) is 17.4 Å². The molecule has 2 aromatic rings. The summed E-state index contributed by atoms with van der Waals surface area (Å²) in [7, 11) is 1.26. The van der Waals surface area contributed by atoms with Gasteiger partial charge in [0.15, 0.2) is 0 Å². The Morgan fingerprint density at radius 1 is 1.16 bits per heavy atom. The highest BCUT2D eigenvalue weighted by molar-refractivity contribution is 6.30. The minimum atomic E-state index is -4.62. The lowest BCUT2D eigenvalue weighted by atomic mass is 10.0.